The zero-order valence-corrected chi connectivity index (χ0v) is 13.5. The number of hydrazine groups is 1. The van der Waals surface area contributed by atoms with E-state index in [0.717, 1.165) is 6.26 Å². The van der Waals surface area contributed by atoms with Crippen molar-refractivity contribution in [3.05, 3.63) is 42.5 Å². The lowest BCUT2D eigenvalue weighted by Gasteiger charge is -2.14. The van der Waals surface area contributed by atoms with Gasteiger partial charge in [-0.3, -0.25) is 10.6 Å². The van der Waals surface area contributed by atoms with E-state index in [1.165, 1.54) is 0 Å². The summed E-state index contributed by atoms with van der Waals surface area (Å²) in [6.07, 6.45) is 1.05. The van der Waals surface area contributed by atoms with Gasteiger partial charge in [0.1, 0.15) is 0 Å². The minimum Gasteiger partial charge on any atom is -0.858 e. The van der Waals surface area contributed by atoms with Crippen LogP contribution in [0.4, 0.5) is 11.4 Å². The third-order valence-electron chi connectivity index (χ3n) is 3.29. The average molecular weight is 344 g/mol. The third kappa shape index (κ3) is 3.21. The number of para-hydroxylation sites is 1. The predicted octanol–water partition coefficient (Wildman–Crippen LogP) is 1.03. The molecule has 3 rings (SSSR count). The first-order valence-electron chi connectivity index (χ1n) is 6.90. The summed E-state index contributed by atoms with van der Waals surface area (Å²) in [7, 11) is -3.48. The first-order valence-corrected chi connectivity index (χ1v) is 8.79. The van der Waals surface area contributed by atoms with Gasteiger partial charge in [-0.15, -0.1) is 0 Å². The smallest absolute Gasteiger partial charge is 0.229 e. The predicted molar refractivity (Wildman–Crippen MR) is 90.7 cm³/mol. The first-order chi connectivity index (χ1) is 11.4. The lowest BCUT2D eigenvalue weighted by Crippen LogP contribution is -2.11. The zero-order valence-electron chi connectivity index (χ0n) is 12.6. The summed E-state index contributed by atoms with van der Waals surface area (Å²) in [4.78, 5) is 8.33. The van der Waals surface area contributed by atoms with Gasteiger partial charge < -0.3 is 10.5 Å². The third-order valence-corrected chi connectivity index (χ3v) is 3.88. The lowest BCUT2D eigenvalue weighted by atomic mass is 10.1. The fourth-order valence-corrected chi connectivity index (χ4v) is 2.85. The van der Waals surface area contributed by atoms with Gasteiger partial charge in [-0.05, 0) is 36.2 Å². The number of nitrogens with two attached hydrogens (primary N) is 1. The molecule has 0 saturated carbocycles. The molecule has 0 saturated heterocycles. The molecule has 8 nitrogen and oxygen atoms in total. The highest BCUT2D eigenvalue weighted by atomic mass is 32.2. The topological polar surface area (TPSA) is 133 Å². The summed E-state index contributed by atoms with van der Waals surface area (Å²) in [5.41, 5.74) is 4.19. The first kappa shape index (κ1) is 16.0. The van der Waals surface area contributed by atoms with E-state index in [0.29, 0.717) is 27.8 Å². The molecule has 24 heavy (non-hydrogen) atoms. The summed E-state index contributed by atoms with van der Waals surface area (Å²) in [5, 5.41) is 12.6. The Balaban J connectivity index is 2.17. The molecule has 9 heteroatoms. The average Bonchev–Trinajstić information content (AvgIpc) is 2.53. The summed E-state index contributed by atoms with van der Waals surface area (Å²) in [5.74, 6) is 5.01. The van der Waals surface area contributed by atoms with E-state index in [9.17, 15) is 13.5 Å². The number of aromatic nitrogens is 2. The Kier molecular flexibility index (Phi) is 3.96. The van der Waals surface area contributed by atoms with Crippen molar-refractivity contribution in [2.24, 2.45) is 5.84 Å². The van der Waals surface area contributed by atoms with E-state index in [2.05, 4.69) is 20.1 Å². The molecule has 0 amide bonds. The van der Waals surface area contributed by atoms with Crippen LogP contribution in [-0.4, -0.2) is 24.6 Å². The highest BCUT2D eigenvalue weighted by molar-refractivity contribution is 7.92. The van der Waals surface area contributed by atoms with E-state index in [1.54, 1.807) is 42.5 Å². The Labute approximate surface area is 138 Å². The second kappa shape index (κ2) is 5.95. The molecule has 1 heterocycles. The van der Waals surface area contributed by atoms with Crippen LogP contribution < -0.4 is 21.1 Å². The number of rotatable bonds is 4. The number of nitrogens with zero attached hydrogens (tertiary/aromatic N) is 2. The van der Waals surface area contributed by atoms with Crippen LogP contribution in [0.15, 0.2) is 42.5 Å². The van der Waals surface area contributed by atoms with E-state index in [-0.39, 0.29) is 5.82 Å². The quantitative estimate of drug-likeness (QED) is 0.475. The Bertz CT molecular complexity index is 1020. The molecule has 4 N–H and O–H groups in total. The van der Waals surface area contributed by atoms with Crippen LogP contribution in [0.5, 0.6) is 5.88 Å². The molecule has 0 aliphatic carbocycles. The molecule has 124 valence electrons. The number of benzene rings is 2. The van der Waals surface area contributed by atoms with Crippen LogP contribution in [0.1, 0.15) is 0 Å². The number of sulfonamides is 1. The van der Waals surface area contributed by atoms with E-state index >= 15 is 0 Å². The molecule has 1 aromatic heterocycles. The number of hydrogen-bond acceptors (Lipinski definition) is 7. The van der Waals surface area contributed by atoms with Crippen LogP contribution in [0.2, 0.25) is 0 Å². The molecule has 0 unspecified atom stereocenters. The van der Waals surface area contributed by atoms with Crippen LogP contribution in [0.3, 0.4) is 0 Å². The Morgan fingerprint density at radius 2 is 1.88 bits per heavy atom. The Morgan fingerprint density at radius 3 is 2.58 bits per heavy atom. The molecular formula is C15H14N5O3S-. The maximum absolute atomic E-state index is 12.3. The SMILES string of the molecule is CS(=O)(=O)Nc1ccccc1-c1nc([O-])c2cc(NN)ccc2n1. The molecule has 2 aromatic carbocycles. The number of hydrogen-bond donors (Lipinski definition) is 3. The second-order valence-corrected chi connectivity index (χ2v) is 6.90. The summed E-state index contributed by atoms with van der Waals surface area (Å²) >= 11 is 0. The van der Waals surface area contributed by atoms with Crippen molar-refractivity contribution in [3.8, 4) is 17.3 Å². The normalized spacial score (nSPS) is 11.4. The van der Waals surface area contributed by atoms with Crippen molar-refractivity contribution in [2.45, 2.75) is 0 Å². The van der Waals surface area contributed by atoms with Gasteiger partial charge in [-0.2, -0.15) is 0 Å². The fourth-order valence-electron chi connectivity index (χ4n) is 2.28. The van der Waals surface area contributed by atoms with Gasteiger partial charge in [0.2, 0.25) is 10.0 Å². The summed E-state index contributed by atoms with van der Waals surface area (Å²) in [6, 6.07) is 11.5. The van der Waals surface area contributed by atoms with Crippen LogP contribution >= 0.6 is 0 Å². The highest BCUT2D eigenvalue weighted by Crippen LogP contribution is 2.30. The van der Waals surface area contributed by atoms with Crippen molar-refractivity contribution in [2.75, 3.05) is 16.4 Å². The number of nitrogen functional groups attached to an aromatic ring is 1. The highest BCUT2D eigenvalue weighted by Gasteiger charge is 2.12. The molecule has 0 fully saturated rings. The van der Waals surface area contributed by atoms with E-state index < -0.39 is 15.9 Å². The maximum atomic E-state index is 12.3. The van der Waals surface area contributed by atoms with Crippen LogP contribution in [0.25, 0.3) is 22.3 Å². The van der Waals surface area contributed by atoms with E-state index in [4.69, 9.17) is 5.84 Å². The largest absolute Gasteiger partial charge is 0.858 e. The van der Waals surface area contributed by atoms with E-state index in [1.807, 2.05) is 0 Å². The van der Waals surface area contributed by atoms with Gasteiger partial charge in [0.25, 0.3) is 0 Å². The van der Waals surface area contributed by atoms with Crippen LogP contribution in [0, 0.1) is 0 Å². The van der Waals surface area contributed by atoms with Crippen molar-refractivity contribution in [1.82, 2.24) is 9.97 Å². The van der Waals surface area contributed by atoms with Crippen molar-refractivity contribution < 1.29 is 13.5 Å². The van der Waals surface area contributed by atoms with Gasteiger partial charge >= 0.3 is 0 Å². The second-order valence-electron chi connectivity index (χ2n) is 5.15. The maximum Gasteiger partial charge on any atom is 0.229 e. The van der Waals surface area contributed by atoms with Gasteiger partial charge in [-0.1, -0.05) is 12.1 Å². The monoisotopic (exact) mass is 344 g/mol. The molecule has 0 aliphatic heterocycles. The van der Waals surface area contributed by atoms with Gasteiger partial charge in [-0.25, -0.2) is 18.4 Å². The summed E-state index contributed by atoms with van der Waals surface area (Å²) < 4.78 is 25.4. The summed E-state index contributed by atoms with van der Waals surface area (Å²) in [6.45, 7) is 0. The fraction of sp³-hybridized carbons (Fsp3) is 0.0667. The molecule has 0 bridgehead atoms. The molecule has 0 aliphatic rings. The number of anilines is 2. The minimum absolute atomic E-state index is 0.146. The molecule has 0 spiro atoms. The zero-order chi connectivity index (χ0) is 17.3. The molecule has 0 radical (unpaired) electrons. The molecular weight excluding hydrogens is 330 g/mol. The standard InChI is InChI=1S/C15H15N5O3S/c1-24(22,23)20-13-5-3-2-4-10(13)14-17-12-7-6-9(19-16)8-11(12)15(21)18-14/h2-8,19-20H,16H2,1H3,(H,17,18,21)/p-1. The van der Waals surface area contributed by atoms with Gasteiger partial charge in [0.05, 0.1) is 17.5 Å². The van der Waals surface area contributed by atoms with Gasteiger partial charge in [0.15, 0.2) is 5.82 Å². The van der Waals surface area contributed by atoms with Crippen molar-refractivity contribution >= 4 is 32.3 Å². The van der Waals surface area contributed by atoms with Crippen molar-refractivity contribution in [3.63, 3.8) is 0 Å². The van der Waals surface area contributed by atoms with Gasteiger partial charge in [0, 0.05) is 16.6 Å². The number of nitrogens with one attached hydrogen (secondary N) is 2. The lowest BCUT2D eigenvalue weighted by molar-refractivity contribution is -0.272. The van der Waals surface area contributed by atoms with Crippen LogP contribution in [-0.2, 0) is 10.0 Å². The number of fused-ring (bicyclic) bond motifs is 1. The minimum atomic E-state index is -3.48. The molecule has 3 aromatic rings. The van der Waals surface area contributed by atoms with Crippen molar-refractivity contribution in [1.29, 1.82) is 0 Å². The Morgan fingerprint density at radius 1 is 1.12 bits per heavy atom. The molecule has 0 atom stereocenters. The Hall–Kier alpha value is -2.91.